The summed E-state index contributed by atoms with van der Waals surface area (Å²) in [6.45, 7) is 1.34. The number of rotatable bonds is 8. The Morgan fingerprint density at radius 1 is 1.23 bits per heavy atom. The molecule has 1 aromatic carbocycles. The Morgan fingerprint density at radius 3 is 2.71 bits per heavy atom. The molecule has 0 spiro atoms. The Balaban J connectivity index is 1.48. The number of hydrogen-bond acceptors (Lipinski definition) is 8. The van der Waals surface area contributed by atoms with Crippen LogP contribution in [0.5, 0.6) is 0 Å². The number of nitrogens with zero attached hydrogens (tertiary/aromatic N) is 1. The molecule has 3 rings (SSSR count). The zero-order chi connectivity index (χ0) is 22.4. The van der Waals surface area contributed by atoms with Crippen molar-refractivity contribution in [2.75, 3.05) is 30.8 Å². The molecule has 2 aromatic rings. The molecule has 10 nitrogen and oxygen atoms in total. The van der Waals surface area contributed by atoms with E-state index in [0.29, 0.717) is 5.69 Å². The number of anilines is 1. The lowest BCUT2D eigenvalue weighted by Gasteiger charge is -2.13. The third-order valence-electron chi connectivity index (χ3n) is 4.30. The summed E-state index contributed by atoms with van der Waals surface area (Å²) in [6, 6.07) is 7.69. The van der Waals surface area contributed by atoms with Gasteiger partial charge in [0.2, 0.25) is 5.91 Å². The van der Waals surface area contributed by atoms with Gasteiger partial charge in [0.15, 0.2) is 12.4 Å². The number of imide groups is 1. The van der Waals surface area contributed by atoms with Crippen LogP contribution in [0.15, 0.2) is 41.0 Å². The van der Waals surface area contributed by atoms with E-state index in [2.05, 4.69) is 10.6 Å². The Kier molecular flexibility index (Phi) is 7.08. The first kappa shape index (κ1) is 22.1. The Bertz CT molecular complexity index is 1000. The fourth-order valence-electron chi connectivity index (χ4n) is 2.65. The van der Waals surface area contributed by atoms with Gasteiger partial charge in [0.25, 0.3) is 17.1 Å². The minimum atomic E-state index is -0.745. The van der Waals surface area contributed by atoms with Gasteiger partial charge in [-0.25, -0.2) is 4.79 Å². The topological polar surface area (TPSA) is 135 Å². The Morgan fingerprint density at radius 2 is 2.03 bits per heavy atom. The molecule has 11 heteroatoms. The molecule has 4 amide bonds. The number of aryl methyl sites for hydroxylation is 1. The van der Waals surface area contributed by atoms with Crippen LogP contribution in [0.25, 0.3) is 0 Å². The van der Waals surface area contributed by atoms with E-state index < -0.39 is 24.4 Å². The molecule has 0 radical (unpaired) electrons. The summed E-state index contributed by atoms with van der Waals surface area (Å²) in [5, 5.41) is 4.79. The van der Waals surface area contributed by atoms with Crippen molar-refractivity contribution in [3.05, 3.63) is 53.5 Å². The van der Waals surface area contributed by atoms with Gasteiger partial charge >= 0.3 is 5.97 Å². The van der Waals surface area contributed by atoms with Crippen molar-refractivity contribution in [3.8, 4) is 0 Å². The maximum atomic E-state index is 12.3. The first-order chi connectivity index (χ1) is 14.8. The summed E-state index contributed by atoms with van der Waals surface area (Å²) in [5.41, 5.74) is 1.27. The van der Waals surface area contributed by atoms with E-state index in [1.54, 1.807) is 19.1 Å². The number of carbonyl (C=O) groups excluding carboxylic acids is 5. The van der Waals surface area contributed by atoms with E-state index in [-0.39, 0.29) is 41.3 Å². The van der Waals surface area contributed by atoms with E-state index in [1.807, 2.05) is 0 Å². The zero-order valence-electron chi connectivity index (χ0n) is 16.5. The van der Waals surface area contributed by atoms with Crippen molar-refractivity contribution < 1.29 is 33.1 Å². The van der Waals surface area contributed by atoms with Crippen molar-refractivity contribution in [1.82, 2.24) is 10.2 Å². The number of furan rings is 1. The molecule has 0 aliphatic carbocycles. The van der Waals surface area contributed by atoms with Crippen LogP contribution in [-0.4, -0.2) is 59.3 Å². The summed E-state index contributed by atoms with van der Waals surface area (Å²) >= 11 is 0.913. The second kappa shape index (κ2) is 9.94. The summed E-state index contributed by atoms with van der Waals surface area (Å²) in [6.07, 6.45) is 1.38. The Labute approximate surface area is 181 Å². The highest BCUT2D eigenvalue weighted by Crippen LogP contribution is 2.19. The molecule has 162 valence electrons. The SMILES string of the molecule is Cc1ccc(C(=O)OCC(=O)NCCN2C(=O)CSC2=O)cc1NC(=O)c1ccco1. The quantitative estimate of drug-likeness (QED) is 0.588. The van der Waals surface area contributed by atoms with Crippen LogP contribution < -0.4 is 10.6 Å². The van der Waals surface area contributed by atoms with Gasteiger partial charge in [0.05, 0.1) is 17.6 Å². The van der Waals surface area contributed by atoms with Gasteiger partial charge in [0, 0.05) is 18.8 Å². The summed E-state index contributed by atoms with van der Waals surface area (Å²) in [5.74, 6) is -1.86. The molecule has 2 N–H and O–H groups in total. The normalized spacial score (nSPS) is 13.3. The monoisotopic (exact) mass is 445 g/mol. The largest absolute Gasteiger partial charge is 0.459 e. The molecule has 0 atom stereocenters. The fraction of sp³-hybridized carbons (Fsp3) is 0.250. The Hall–Kier alpha value is -3.60. The van der Waals surface area contributed by atoms with Crippen LogP contribution in [0, 0.1) is 6.92 Å². The number of carbonyl (C=O) groups is 5. The highest BCUT2D eigenvalue weighted by molar-refractivity contribution is 8.14. The standard InChI is InChI=1S/C20H19N3O7S/c1-12-4-5-13(9-14(12)22-18(26)15-3-2-8-29-15)19(27)30-10-16(24)21-6-7-23-17(25)11-31-20(23)28/h2-5,8-9H,6-7,10-11H2,1H3,(H,21,24)(H,22,26). The van der Waals surface area contributed by atoms with Gasteiger partial charge in [-0.2, -0.15) is 0 Å². The van der Waals surface area contributed by atoms with Gasteiger partial charge in [-0.15, -0.1) is 0 Å². The van der Waals surface area contributed by atoms with Crippen LogP contribution in [0.2, 0.25) is 0 Å². The average molecular weight is 445 g/mol. The molecular weight excluding hydrogens is 426 g/mol. The van der Waals surface area contributed by atoms with E-state index in [0.717, 1.165) is 22.2 Å². The van der Waals surface area contributed by atoms with E-state index >= 15 is 0 Å². The summed E-state index contributed by atoms with van der Waals surface area (Å²) < 4.78 is 10.0. The van der Waals surface area contributed by atoms with Gasteiger partial charge in [-0.1, -0.05) is 17.8 Å². The molecule has 0 unspecified atom stereocenters. The average Bonchev–Trinajstić information content (AvgIpc) is 3.39. The minimum Gasteiger partial charge on any atom is -0.459 e. The number of benzene rings is 1. The lowest BCUT2D eigenvalue weighted by atomic mass is 10.1. The molecule has 0 bridgehead atoms. The van der Waals surface area contributed by atoms with Crippen LogP contribution >= 0.6 is 11.8 Å². The van der Waals surface area contributed by atoms with Crippen molar-refractivity contribution in [2.24, 2.45) is 0 Å². The molecule has 1 aliphatic rings. The van der Waals surface area contributed by atoms with Crippen LogP contribution in [-0.2, 0) is 14.3 Å². The molecule has 1 aromatic heterocycles. The van der Waals surface area contributed by atoms with Crippen molar-refractivity contribution in [1.29, 1.82) is 0 Å². The number of nitrogens with one attached hydrogen (secondary N) is 2. The fourth-order valence-corrected chi connectivity index (χ4v) is 3.40. The van der Waals surface area contributed by atoms with Crippen molar-refractivity contribution in [2.45, 2.75) is 6.92 Å². The predicted octanol–water partition coefficient (Wildman–Crippen LogP) is 1.81. The smallest absolute Gasteiger partial charge is 0.338 e. The predicted molar refractivity (Wildman–Crippen MR) is 111 cm³/mol. The lowest BCUT2D eigenvalue weighted by Crippen LogP contribution is -2.38. The van der Waals surface area contributed by atoms with E-state index in [4.69, 9.17) is 9.15 Å². The van der Waals surface area contributed by atoms with Crippen LogP contribution in [0.1, 0.15) is 26.5 Å². The van der Waals surface area contributed by atoms with Gasteiger partial charge in [0.1, 0.15) is 0 Å². The number of thioether (sulfide) groups is 1. The number of amides is 4. The van der Waals surface area contributed by atoms with Crippen molar-refractivity contribution in [3.63, 3.8) is 0 Å². The van der Waals surface area contributed by atoms with Gasteiger partial charge < -0.3 is 19.8 Å². The molecule has 31 heavy (non-hydrogen) atoms. The number of esters is 1. The molecule has 2 heterocycles. The second-order valence-corrected chi connectivity index (χ2v) is 7.41. The van der Waals surface area contributed by atoms with Gasteiger partial charge in [-0.05, 0) is 36.8 Å². The third-order valence-corrected chi connectivity index (χ3v) is 5.16. The highest BCUT2D eigenvalue weighted by atomic mass is 32.2. The number of hydrogen-bond donors (Lipinski definition) is 2. The zero-order valence-corrected chi connectivity index (χ0v) is 17.3. The second-order valence-electron chi connectivity index (χ2n) is 6.49. The summed E-state index contributed by atoms with van der Waals surface area (Å²) in [4.78, 5) is 60.3. The molecule has 0 saturated carbocycles. The first-order valence-corrected chi connectivity index (χ1v) is 10.2. The van der Waals surface area contributed by atoms with Crippen molar-refractivity contribution >= 4 is 46.4 Å². The molecule has 1 aliphatic heterocycles. The van der Waals surface area contributed by atoms with E-state index in [9.17, 15) is 24.0 Å². The summed E-state index contributed by atoms with van der Waals surface area (Å²) in [7, 11) is 0. The highest BCUT2D eigenvalue weighted by Gasteiger charge is 2.29. The van der Waals surface area contributed by atoms with Crippen LogP contribution in [0.3, 0.4) is 0 Å². The first-order valence-electron chi connectivity index (χ1n) is 9.21. The molecule has 1 saturated heterocycles. The van der Waals surface area contributed by atoms with Gasteiger partial charge in [-0.3, -0.25) is 24.1 Å². The molecule has 1 fully saturated rings. The third kappa shape index (κ3) is 5.72. The van der Waals surface area contributed by atoms with Crippen LogP contribution in [0.4, 0.5) is 10.5 Å². The number of ether oxygens (including phenoxy) is 1. The maximum absolute atomic E-state index is 12.3. The molecular formula is C20H19N3O7S. The minimum absolute atomic E-state index is 0.0566. The lowest BCUT2D eigenvalue weighted by molar-refractivity contribution is -0.126. The maximum Gasteiger partial charge on any atom is 0.338 e. The van der Waals surface area contributed by atoms with E-state index in [1.165, 1.54) is 24.5 Å².